The minimum atomic E-state index is -0.504. The molecule has 1 amide bonds. The van der Waals surface area contributed by atoms with E-state index in [1.165, 1.54) is 38.5 Å². The van der Waals surface area contributed by atoms with E-state index in [2.05, 4.69) is 15.6 Å². The lowest BCUT2D eigenvalue weighted by molar-refractivity contribution is -0.0503. The molecule has 8 heteroatoms. The number of carbonyl (C=O) groups excluding carboxylic acids is 1. The number of aliphatic hydroxyl groups is 1. The van der Waals surface area contributed by atoms with Gasteiger partial charge in [0.25, 0.3) is 5.91 Å². The summed E-state index contributed by atoms with van der Waals surface area (Å²) in [5.41, 5.74) is 1.63. The van der Waals surface area contributed by atoms with E-state index >= 15 is 0 Å². The van der Waals surface area contributed by atoms with Gasteiger partial charge in [-0.3, -0.25) is 15.1 Å². The van der Waals surface area contributed by atoms with Gasteiger partial charge < -0.3 is 10.4 Å². The smallest absolute Gasteiger partial charge is 0.252 e. The summed E-state index contributed by atoms with van der Waals surface area (Å²) in [4.78, 5) is 17.2. The van der Waals surface area contributed by atoms with Crippen molar-refractivity contribution in [2.75, 3.05) is 13.1 Å². The lowest BCUT2D eigenvalue weighted by atomic mass is 9.49. The standard InChI is InChI=1S/C22H32ClN3O2.2ClH/c1-2-20(27)24-4-3-17-8-18(19(23)12-25-17)21(28)26-13-22-9-14-5-15(10-22)7-16(6-14)11-22;;/h8,12,14-16,20,24,27H,2-7,9-11,13H2,1H3,(H,26,28);2*1H. The largest absolute Gasteiger partial charge is 0.379 e. The van der Waals surface area contributed by atoms with Crippen molar-refractivity contribution in [2.24, 2.45) is 23.2 Å². The molecule has 4 aliphatic rings. The Kier molecular flexibility index (Phi) is 9.26. The number of halogens is 3. The predicted molar refractivity (Wildman–Crippen MR) is 125 cm³/mol. The quantitative estimate of drug-likeness (QED) is 0.485. The number of aliphatic hydroxyl groups excluding tert-OH is 1. The van der Waals surface area contributed by atoms with Crippen LogP contribution in [0.1, 0.15) is 67.9 Å². The Morgan fingerprint density at radius 3 is 2.40 bits per heavy atom. The van der Waals surface area contributed by atoms with E-state index in [0.717, 1.165) is 30.0 Å². The van der Waals surface area contributed by atoms with Crippen molar-refractivity contribution in [2.45, 2.75) is 64.5 Å². The molecule has 1 aromatic heterocycles. The molecule has 4 aliphatic carbocycles. The highest BCUT2D eigenvalue weighted by molar-refractivity contribution is 6.33. The molecule has 5 rings (SSSR count). The van der Waals surface area contributed by atoms with E-state index in [1.54, 1.807) is 12.3 Å². The number of rotatable bonds is 8. The van der Waals surface area contributed by atoms with Crippen LogP contribution >= 0.6 is 36.4 Å². The Hall–Kier alpha value is -0.590. The van der Waals surface area contributed by atoms with E-state index in [-0.39, 0.29) is 30.7 Å². The van der Waals surface area contributed by atoms with Gasteiger partial charge in [-0.2, -0.15) is 0 Å². The van der Waals surface area contributed by atoms with Crippen molar-refractivity contribution < 1.29 is 9.90 Å². The summed E-state index contributed by atoms with van der Waals surface area (Å²) in [6, 6.07) is 1.79. The van der Waals surface area contributed by atoms with Crippen molar-refractivity contribution in [1.29, 1.82) is 0 Å². The fourth-order valence-electron chi connectivity index (χ4n) is 6.17. The van der Waals surface area contributed by atoms with Crippen molar-refractivity contribution in [3.8, 4) is 0 Å². The van der Waals surface area contributed by atoms with Crippen LogP contribution in [0.2, 0.25) is 5.02 Å². The second-order valence-electron chi connectivity index (χ2n) is 9.38. The van der Waals surface area contributed by atoms with Gasteiger partial charge in [-0.1, -0.05) is 18.5 Å². The molecule has 4 fully saturated rings. The third-order valence-electron chi connectivity index (χ3n) is 7.09. The molecule has 1 atom stereocenters. The second kappa shape index (κ2) is 10.8. The molecule has 1 aromatic rings. The van der Waals surface area contributed by atoms with Crippen LogP contribution in [0.3, 0.4) is 0 Å². The number of hydrogen-bond acceptors (Lipinski definition) is 4. The van der Waals surface area contributed by atoms with Gasteiger partial charge in [0.2, 0.25) is 0 Å². The SMILES string of the molecule is CCC(O)NCCc1cc(C(=O)NCC23CC4CC(CC(C4)C2)C3)c(Cl)cn1.Cl.Cl. The van der Waals surface area contributed by atoms with E-state index in [0.29, 0.717) is 35.4 Å². The van der Waals surface area contributed by atoms with Crippen LogP contribution in [0.15, 0.2) is 12.3 Å². The summed E-state index contributed by atoms with van der Waals surface area (Å²) in [6.45, 7) is 3.30. The molecule has 170 valence electrons. The van der Waals surface area contributed by atoms with Crippen LogP contribution < -0.4 is 10.6 Å². The number of amides is 1. The van der Waals surface area contributed by atoms with Crippen molar-refractivity contribution in [3.05, 3.63) is 28.5 Å². The van der Waals surface area contributed by atoms with Crippen LogP contribution in [-0.2, 0) is 6.42 Å². The third kappa shape index (κ3) is 5.80. The summed E-state index contributed by atoms with van der Waals surface area (Å²) in [5, 5.41) is 16.2. The number of nitrogens with one attached hydrogen (secondary N) is 2. The van der Waals surface area contributed by atoms with E-state index in [1.807, 2.05) is 6.92 Å². The molecule has 0 saturated heterocycles. The first-order chi connectivity index (χ1) is 13.5. The zero-order valence-electron chi connectivity index (χ0n) is 17.5. The van der Waals surface area contributed by atoms with Crippen LogP contribution in [0, 0.1) is 23.2 Å². The minimum Gasteiger partial charge on any atom is -0.379 e. The van der Waals surface area contributed by atoms with Crippen LogP contribution in [0.5, 0.6) is 0 Å². The van der Waals surface area contributed by atoms with Gasteiger partial charge in [0.15, 0.2) is 0 Å². The summed E-state index contributed by atoms with van der Waals surface area (Å²) >= 11 is 6.27. The van der Waals surface area contributed by atoms with Gasteiger partial charge in [-0.15, -0.1) is 24.8 Å². The molecule has 4 saturated carbocycles. The van der Waals surface area contributed by atoms with E-state index in [9.17, 15) is 9.90 Å². The van der Waals surface area contributed by atoms with Crippen molar-refractivity contribution in [3.63, 3.8) is 0 Å². The molecule has 5 nitrogen and oxygen atoms in total. The monoisotopic (exact) mass is 477 g/mol. The summed E-state index contributed by atoms with van der Waals surface area (Å²) in [7, 11) is 0. The minimum absolute atomic E-state index is 0. The lowest BCUT2D eigenvalue weighted by Gasteiger charge is -2.56. The Labute approximate surface area is 197 Å². The Bertz CT molecular complexity index is 696. The summed E-state index contributed by atoms with van der Waals surface area (Å²) in [5.74, 6) is 2.55. The molecule has 0 radical (unpaired) electrons. The maximum atomic E-state index is 12.9. The average molecular weight is 479 g/mol. The summed E-state index contributed by atoms with van der Waals surface area (Å²) in [6.07, 6.45) is 10.4. The highest BCUT2D eigenvalue weighted by Crippen LogP contribution is 2.59. The fourth-order valence-corrected chi connectivity index (χ4v) is 6.36. The predicted octanol–water partition coefficient (Wildman–Crippen LogP) is 4.39. The highest BCUT2D eigenvalue weighted by Gasteiger charge is 2.50. The number of nitrogens with zero attached hydrogens (tertiary/aromatic N) is 1. The van der Waals surface area contributed by atoms with Gasteiger partial charge in [0, 0.05) is 31.4 Å². The Morgan fingerprint density at radius 1 is 1.23 bits per heavy atom. The van der Waals surface area contributed by atoms with Crippen molar-refractivity contribution >= 4 is 42.3 Å². The molecule has 30 heavy (non-hydrogen) atoms. The molecule has 0 aromatic carbocycles. The molecule has 0 aliphatic heterocycles. The van der Waals surface area contributed by atoms with E-state index in [4.69, 9.17) is 11.6 Å². The van der Waals surface area contributed by atoms with Gasteiger partial charge in [-0.25, -0.2) is 0 Å². The number of aromatic nitrogens is 1. The zero-order valence-corrected chi connectivity index (χ0v) is 19.9. The number of hydrogen-bond donors (Lipinski definition) is 3. The molecular formula is C22H34Cl3N3O2. The fraction of sp³-hybridized carbons (Fsp3) is 0.727. The van der Waals surface area contributed by atoms with Crippen molar-refractivity contribution in [1.82, 2.24) is 15.6 Å². The first-order valence-corrected chi connectivity index (χ1v) is 11.2. The topological polar surface area (TPSA) is 74.2 Å². The van der Waals surface area contributed by atoms with Gasteiger partial charge in [0.1, 0.15) is 6.23 Å². The molecule has 4 bridgehead atoms. The van der Waals surface area contributed by atoms with Crippen LogP contribution in [0.4, 0.5) is 0 Å². The van der Waals surface area contributed by atoms with Crippen LogP contribution in [-0.4, -0.2) is 35.3 Å². The normalized spacial score (nSPS) is 29.6. The maximum absolute atomic E-state index is 12.9. The molecule has 3 N–H and O–H groups in total. The number of carbonyl (C=O) groups is 1. The zero-order chi connectivity index (χ0) is 19.7. The third-order valence-corrected chi connectivity index (χ3v) is 7.39. The average Bonchev–Trinajstić information content (AvgIpc) is 2.66. The Balaban J connectivity index is 0.00000160. The highest BCUT2D eigenvalue weighted by atomic mass is 35.5. The van der Waals surface area contributed by atoms with Crippen LogP contribution in [0.25, 0.3) is 0 Å². The molecule has 1 unspecified atom stereocenters. The van der Waals surface area contributed by atoms with Gasteiger partial charge in [-0.05, 0) is 74.2 Å². The maximum Gasteiger partial charge on any atom is 0.252 e. The molecule has 0 spiro atoms. The Morgan fingerprint density at radius 2 is 1.83 bits per heavy atom. The van der Waals surface area contributed by atoms with Gasteiger partial charge >= 0.3 is 0 Å². The van der Waals surface area contributed by atoms with E-state index < -0.39 is 6.23 Å². The summed E-state index contributed by atoms with van der Waals surface area (Å²) < 4.78 is 0. The number of pyridine rings is 1. The lowest BCUT2D eigenvalue weighted by Crippen LogP contribution is -2.51. The molecular weight excluding hydrogens is 445 g/mol. The van der Waals surface area contributed by atoms with Gasteiger partial charge in [0.05, 0.1) is 10.6 Å². The first-order valence-electron chi connectivity index (χ1n) is 10.8. The molecule has 1 heterocycles. The second-order valence-corrected chi connectivity index (χ2v) is 9.79. The first kappa shape index (κ1) is 25.7.